The van der Waals surface area contributed by atoms with Crippen LogP contribution in [0.2, 0.25) is 5.02 Å². The molecule has 30 heavy (non-hydrogen) atoms. The molecule has 0 fully saturated rings. The molecule has 4 rings (SSSR count). The summed E-state index contributed by atoms with van der Waals surface area (Å²) in [4.78, 5) is 25.1. The quantitative estimate of drug-likeness (QED) is 0.624. The van der Waals surface area contributed by atoms with Crippen LogP contribution in [-0.2, 0) is 11.2 Å². The third-order valence-electron chi connectivity index (χ3n) is 5.07. The Balaban J connectivity index is 1.64. The van der Waals surface area contributed by atoms with Crippen molar-refractivity contribution in [2.75, 3.05) is 5.32 Å². The second-order valence-electron chi connectivity index (χ2n) is 7.16. The molecule has 2 atom stereocenters. The Kier molecular flexibility index (Phi) is 5.72. The molecule has 1 aliphatic rings. The molecule has 1 heterocycles. The molecule has 3 aromatic rings. The van der Waals surface area contributed by atoms with Crippen molar-refractivity contribution in [2.45, 2.75) is 25.5 Å². The summed E-state index contributed by atoms with van der Waals surface area (Å²) in [6.07, 6.45) is -0.127. The highest BCUT2D eigenvalue weighted by Crippen LogP contribution is 2.34. The number of para-hydroxylation sites is 1. The Morgan fingerprint density at radius 2 is 1.80 bits per heavy atom. The highest BCUT2D eigenvalue weighted by molar-refractivity contribution is 6.31. The maximum absolute atomic E-state index is 13.2. The number of hydrogen-bond acceptors (Lipinski definition) is 3. The summed E-state index contributed by atoms with van der Waals surface area (Å²) in [7, 11) is 0. The standard InChI is InChI=1S/C24H21ClN2O3/c1-15-23(28)26-20-13-7-11-18(22(20)30-15)24(29)27-21(16-8-3-2-4-9-16)14-17-10-5-6-12-19(17)25/h2-13,15,21H,14H2,1H3,(H,26,28)(H,27,29). The average Bonchev–Trinajstić information content (AvgIpc) is 2.75. The Morgan fingerprint density at radius 3 is 2.57 bits per heavy atom. The molecule has 0 saturated heterocycles. The molecule has 3 aromatic carbocycles. The second-order valence-corrected chi connectivity index (χ2v) is 7.57. The summed E-state index contributed by atoms with van der Waals surface area (Å²) in [6.45, 7) is 1.65. The van der Waals surface area contributed by atoms with Gasteiger partial charge in [-0.25, -0.2) is 0 Å². The first-order valence-corrected chi connectivity index (χ1v) is 10.1. The van der Waals surface area contributed by atoms with Crippen LogP contribution < -0.4 is 15.4 Å². The van der Waals surface area contributed by atoms with E-state index < -0.39 is 6.10 Å². The van der Waals surface area contributed by atoms with E-state index in [1.54, 1.807) is 25.1 Å². The number of ether oxygens (including phenoxy) is 1. The van der Waals surface area contributed by atoms with Gasteiger partial charge in [0.05, 0.1) is 17.3 Å². The average molecular weight is 421 g/mol. The van der Waals surface area contributed by atoms with E-state index in [0.717, 1.165) is 11.1 Å². The number of rotatable bonds is 5. The first-order valence-electron chi connectivity index (χ1n) is 9.72. The fraction of sp³-hybridized carbons (Fsp3) is 0.167. The van der Waals surface area contributed by atoms with E-state index in [0.29, 0.717) is 28.4 Å². The number of amides is 2. The highest BCUT2D eigenvalue weighted by atomic mass is 35.5. The molecule has 152 valence electrons. The van der Waals surface area contributed by atoms with Crippen LogP contribution in [0.3, 0.4) is 0 Å². The van der Waals surface area contributed by atoms with Crippen molar-refractivity contribution in [3.63, 3.8) is 0 Å². The van der Waals surface area contributed by atoms with E-state index >= 15 is 0 Å². The number of carbonyl (C=O) groups is 2. The van der Waals surface area contributed by atoms with E-state index in [4.69, 9.17) is 16.3 Å². The molecule has 2 amide bonds. The number of carbonyl (C=O) groups excluding carboxylic acids is 2. The van der Waals surface area contributed by atoms with Crippen LogP contribution in [0.5, 0.6) is 5.75 Å². The lowest BCUT2D eigenvalue weighted by Gasteiger charge is -2.26. The van der Waals surface area contributed by atoms with Gasteiger partial charge in [0.1, 0.15) is 0 Å². The van der Waals surface area contributed by atoms with E-state index in [9.17, 15) is 9.59 Å². The lowest BCUT2D eigenvalue weighted by atomic mass is 9.98. The van der Waals surface area contributed by atoms with Gasteiger partial charge in [0.2, 0.25) is 0 Å². The van der Waals surface area contributed by atoms with E-state index in [1.807, 2.05) is 54.6 Å². The number of anilines is 1. The number of hydrogen-bond donors (Lipinski definition) is 2. The monoisotopic (exact) mass is 420 g/mol. The second kappa shape index (κ2) is 8.59. The van der Waals surface area contributed by atoms with Gasteiger partial charge in [-0.3, -0.25) is 9.59 Å². The molecule has 1 aliphatic heterocycles. The summed E-state index contributed by atoms with van der Waals surface area (Å²) in [5, 5.41) is 6.54. The molecule has 0 aromatic heterocycles. The summed E-state index contributed by atoms with van der Waals surface area (Å²) >= 11 is 6.36. The highest BCUT2D eigenvalue weighted by Gasteiger charge is 2.28. The maximum atomic E-state index is 13.2. The molecular weight excluding hydrogens is 400 g/mol. The first-order chi connectivity index (χ1) is 14.5. The van der Waals surface area contributed by atoms with Crippen molar-refractivity contribution in [3.05, 3.63) is 94.5 Å². The Bertz CT molecular complexity index is 1080. The summed E-state index contributed by atoms with van der Waals surface area (Å²) in [6, 6.07) is 22.2. The van der Waals surface area contributed by atoms with Crippen LogP contribution in [0.25, 0.3) is 0 Å². The SMILES string of the molecule is CC1Oc2c(cccc2C(=O)NC(Cc2ccccc2Cl)c2ccccc2)NC1=O. The van der Waals surface area contributed by atoms with Crippen molar-refractivity contribution < 1.29 is 14.3 Å². The van der Waals surface area contributed by atoms with Gasteiger partial charge in [-0.1, -0.05) is 66.2 Å². The van der Waals surface area contributed by atoms with Crippen LogP contribution in [0.1, 0.15) is 34.5 Å². The zero-order valence-corrected chi connectivity index (χ0v) is 17.1. The van der Waals surface area contributed by atoms with Crippen molar-refractivity contribution >= 4 is 29.1 Å². The largest absolute Gasteiger partial charge is 0.478 e. The lowest BCUT2D eigenvalue weighted by molar-refractivity contribution is -0.122. The molecule has 0 bridgehead atoms. The van der Waals surface area contributed by atoms with E-state index in [1.165, 1.54) is 0 Å². The fourth-order valence-corrected chi connectivity index (χ4v) is 3.68. The predicted octanol–water partition coefficient (Wildman–Crippen LogP) is 4.77. The molecule has 0 aliphatic carbocycles. The van der Waals surface area contributed by atoms with Crippen LogP contribution in [0.4, 0.5) is 5.69 Å². The first kappa shape index (κ1) is 20.0. The van der Waals surface area contributed by atoms with Crippen molar-refractivity contribution in [3.8, 4) is 5.75 Å². The van der Waals surface area contributed by atoms with Crippen LogP contribution in [0.15, 0.2) is 72.8 Å². The van der Waals surface area contributed by atoms with Gasteiger partial charge in [0.25, 0.3) is 11.8 Å². The van der Waals surface area contributed by atoms with Gasteiger partial charge in [0, 0.05) is 5.02 Å². The van der Waals surface area contributed by atoms with Gasteiger partial charge in [-0.05, 0) is 42.7 Å². The zero-order valence-electron chi connectivity index (χ0n) is 16.4. The number of halogens is 1. The zero-order chi connectivity index (χ0) is 21.1. The molecule has 5 nitrogen and oxygen atoms in total. The van der Waals surface area contributed by atoms with E-state index in [2.05, 4.69) is 10.6 Å². The third-order valence-corrected chi connectivity index (χ3v) is 5.44. The normalized spacial score (nSPS) is 16.1. The van der Waals surface area contributed by atoms with E-state index in [-0.39, 0.29) is 17.9 Å². The molecule has 2 unspecified atom stereocenters. The number of fused-ring (bicyclic) bond motifs is 1. The minimum atomic E-state index is -0.667. The minimum absolute atomic E-state index is 0.235. The van der Waals surface area contributed by atoms with Crippen molar-refractivity contribution in [1.82, 2.24) is 5.32 Å². The minimum Gasteiger partial charge on any atom is -0.478 e. The summed E-state index contributed by atoms with van der Waals surface area (Å²) < 4.78 is 5.73. The topological polar surface area (TPSA) is 67.4 Å². The molecule has 2 N–H and O–H groups in total. The van der Waals surface area contributed by atoms with Gasteiger partial charge < -0.3 is 15.4 Å². The van der Waals surface area contributed by atoms with Gasteiger partial charge in [-0.2, -0.15) is 0 Å². The third kappa shape index (κ3) is 4.16. The molecule has 0 spiro atoms. The Morgan fingerprint density at radius 1 is 1.07 bits per heavy atom. The molecular formula is C24H21ClN2O3. The Hall–Kier alpha value is -3.31. The maximum Gasteiger partial charge on any atom is 0.265 e. The van der Waals surface area contributed by atoms with Gasteiger partial charge in [0.15, 0.2) is 11.9 Å². The summed E-state index contributed by atoms with van der Waals surface area (Å²) in [5.41, 5.74) is 2.78. The predicted molar refractivity (Wildman–Crippen MR) is 117 cm³/mol. The summed E-state index contributed by atoms with van der Waals surface area (Å²) in [5.74, 6) is -0.135. The Labute approximate surface area is 180 Å². The lowest BCUT2D eigenvalue weighted by Crippen LogP contribution is -2.36. The van der Waals surface area contributed by atoms with Crippen LogP contribution in [0, 0.1) is 0 Å². The fourth-order valence-electron chi connectivity index (χ4n) is 3.46. The number of benzene rings is 3. The molecule has 0 saturated carbocycles. The van der Waals surface area contributed by atoms with Crippen molar-refractivity contribution in [1.29, 1.82) is 0 Å². The molecule has 6 heteroatoms. The van der Waals surface area contributed by atoms with Gasteiger partial charge >= 0.3 is 0 Å². The van der Waals surface area contributed by atoms with Crippen LogP contribution >= 0.6 is 11.6 Å². The van der Waals surface area contributed by atoms with Gasteiger partial charge in [-0.15, -0.1) is 0 Å². The van der Waals surface area contributed by atoms with Crippen LogP contribution in [-0.4, -0.2) is 17.9 Å². The van der Waals surface area contributed by atoms with Crippen molar-refractivity contribution in [2.24, 2.45) is 0 Å². The molecule has 0 radical (unpaired) electrons. The smallest absolute Gasteiger partial charge is 0.265 e. The number of nitrogens with one attached hydrogen (secondary N) is 2.